The second-order valence-electron chi connectivity index (χ2n) is 8.64. The van der Waals surface area contributed by atoms with Crippen LogP contribution in [0.2, 0.25) is 0 Å². The van der Waals surface area contributed by atoms with Gasteiger partial charge in [-0.3, -0.25) is 4.48 Å². The molecule has 0 spiro atoms. The largest absolute Gasteiger partial charge is 0.298 e. The molecule has 0 amide bonds. The van der Waals surface area contributed by atoms with Gasteiger partial charge in [0.1, 0.15) is 0 Å². The average molecular weight is 381 g/mol. The highest BCUT2D eigenvalue weighted by Crippen LogP contribution is 2.14. The van der Waals surface area contributed by atoms with Crippen LogP contribution in [0.3, 0.4) is 0 Å². The van der Waals surface area contributed by atoms with Crippen molar-refractivity contribution >= 4 is 0 Å². The predicted molar refractivity (Wildman–Crippen MR) is 125 cm³/mol. The van der Waals surface area contributed by atoms with Gasteiger partial charge in [-0.25, -0.2) is 0 Å². The second kappa shape index (κ2) is 20.4. The molecule has 0 atom stereocenters. The zero-order valence-electron chi connectivity index (χ0n) is 19.7. The Labute approximate surface area is 173 Å². The quantitative estimate of drug-likeness (QED) is 0.138. The van der Waals surface area contributed by atoms with Crippen LogP contribution < -0.4 is 0 Å². The first kappa shape index (κ1) is 26.7. The number of hydrogen-bond acceptors (Lipinski definition) is 0. The number of hydrogen-bond donors (Lipinski definition) is 0. The van der Waals surface area contributed by atoms with E-state index >= 15 is 0 Å². The lowest BCUT2D eigenvalue weighted by Gasteiger charge is -2.31. The van der Waals surface area contributed by atoms with Crippen LogP contribution >= 0.6 is 0 Å². The van der Waals surface area contributed by atoms with Gasteiger partial charge in [0.05, 0.1) is 25.8 Å². The maximum Gasteiger partial charge on any atom is 0.0917 e. The van der Waals surface area contributed by atoms with Gasteiger partial charge in [-0.05, 0) is 39.7 Å². The zero-order valence-corrected chi connectivity index (χ0v) is 19.7. The van der Waals surface area contributed by atoms with Crippen LogP contribution in [-0.2, 0) is 0 Å². The van der Waals surface area contributed by atoms with E-state index in [0.717, 1.165) is 4.48 Å². The Morgan fingerprint density at radius 2 is 0.778 bits per heavy atom. The monoisotopic (exact) mass is 380 g/mol. The van der Waals surface area contributed by atoms with Gasteiger partial charge in [0, 0.05) is 0 Å². The van der Waals surface area contributed by atoms with Crippen molar-refractivity contribution in [2.24, 2.45) is 0 Å². The van der Waals surface area contributed by atoms with Crippen LogP contribution in [0.25, 0.3) is 0 Å². The molecule has 1 nitrogen and oxygen atoms in total. The molecule has 0 aromatic heterocycles. The van der Waals surface area contributed by atoms with E-state index in [9.17, 15) is 0 Å². The highest BCUT2D eigenvalue weighted by atomic mass is 15.3. The predicted octanol–water partition coefficient (Wildman–Crippen LogP) is 9.03. The Balaban J connectivity index is 3.27. The fourth-order valence-corrected chi connectivity index (χ4v) is 4.10. The maximum absolute atomic E-state index is 2.46. The van der Waals surface area contributed by atoms with Crippen LogP contribution in [0, 0.1) is 0 Å². The number of quaternary nitrogens is 1. The van der Waals surface area contributed by atoms with Gasteiger partial charge >= 0.3 is 0 Å². The lowest BCUT2D eigenvalue weighted by molar-refractivity contribution is -0.874. The fraction of sp³-hybridized carbons (Fsp3) is 0.923. The minimum atomic E-state index is 1.15. The van der Waals surface area contributed by atoms with Crippen LogP contribution in [0.1, 0.15) is 137 Å². The second-order valence-corrected chi connectivity index (χ2v) is 8.64. The standard InChI is InChI=1S/C26H54N/c1-5-9-10-11-12-13-14-15-16-17-18-19-20-21-22-23-24-25-26-27(6-2,7-3)8-4/h25-26H,5-24H2,1-4H3/q+1. The summed E-state index contributed by atoms with van der Waals surface area (Å²) >= 11 is 0. The first-order valence-electron chi connectivity index (χ1n) is 12.8. The zero-order chi connectivity index (χ0) is 20.1. The summed E-state index contributed by atoms with van der Waals surface area (Å²) in [7, 11) is 0. The van der Waals surface area contributed by atoms with E-state index in [1.807, 2.05) is 0 Å². The highest BCUT2D eigenvalue weighted by Gasteiger charge is 2.15. The number of allylic oxidation sites excluding steroid dienone is 1. The number of rotatable bonds is 21. The van der Waals surface area contributed by atoms with Crippen LogP contribution in [0.15, 0.2) is 12.3 Å². The molecule has 0 saturated heterocycles. The van der Waals surface area contributed by atoms with Gasteiger partial charge < -0.3 is 0 Å². The van der Waals surface area contributed by atoms with E-state index in [4.69, 9.17) is 0 Å². The summed E-state index contributed by atoms with van der Waals surface area (Å²) < 4.78 is 1.15. The molecule has 0 radical (unpaired) electrons. The molecule has 0 unspecified atom stereocenters. The summed E-state index contributed by atoms with van der Waals surface area (Å²) in [6.45, 7) is 12.9. The van der Waals surface area contributed by atoms with Gasteiger partial charge in [0.15, 0.2) is 0 Å². The molecule has 0 saturated carbocycles. The molecule has 0 fully saturated rings. The van der Waals surface area contributed by atoms with Crippen molar-refractivity contribution in [1.82, 2.24) is 0 Å². The molecule has 0 aromatic rings. The summed E-state index contributed by atoms with van der Waals surface area (Å²) in [6, 6.07) is 0. The van der Waals surface area contributed by atoms with Crippen molar-refractivity contribution in [2.45, 2.75) is 137 Å². The van der Waals surface area contributed by atoms with Crippen molar-refractivity contribution in [3.05, 3.63) is 12.3 Å². The van der Waals surface area contributed by atoms with Crippen molar-refractivity contribution in [1.29, 1.82) is 0 Å². The summed E-state index contributed by atoms with van der Waals surface area (Å²) in [5.74, 6) is 0. The van der Waals surface area contributed by atoms with Crippen molar-refractivity contribution < 1.29 is 4.48 Å². The molecule has 0 N–H and O–H groups in total. The molecular weight excluding hydrogens is 326 g/mol. The SMILES string of the molecule is CCCCCCCCCCCCCCCCCCC=C[N+](CC)(CC)CC. The molecule has 27 heavy (non-hydrogen) atoms. The Morgan fingerprint density at radius 3 is 1.11 bits per heavy atom. The van der Waals surface area contributed by atoms with E-state index in [1.165, 1.54) is 129 Å². The van der Waals surface area contributed by atoms with Gasteiger partial charge in [-0.15, -0.1) is 0 Å². The Hall–Kier alpha value is -0.300. The first-order valence-corrected chi connectivity index (χ1v) is 12.8. The lowest BCUT2D eigenvalue weighted by atomic mass is 10.0. The topological polar surface area (TPSA) is 0 Å². The average Bonchev–Trinajstić information content (AvgIpc) is 2.70. The van der Waals surface area contributed by atoms with E-state index in [0.29, 0.717) is 0 Å². The molecule has 0 aliphatic carbocycles. The highest BCUT2D eigenvalue weighted by molar-refractivity contribution is 4.74. The Bertz CT molecular complexity index is 295. The fourth-order valence-electron chi connectivity index (χ4n) is 4.10. The molecule has 162 valence electrons. The Morgan fingerprint density at radius 1 is 0.444 bits per heavy atom. The smallest absolute Gasteiger partial charge is 0.0917 e. The summed E-state index contributed by atoms with van der Waals surface area (Å²) in [4.78, 5) is 0. The summed E-state index contributed by atoms with van der Waals surface area (Å²) in [5.41, 5.74) is 0. The van der Waals surface area contributed by atoms with Gasteiger partial charge in [0.25, 0.3) is 0 Å². The minimum Gasteiger partial charge on any atom is -0.298 e. The molecule has 0 heterocycles. The normalized spacial score (nSPS) is 12.3. The van der Waals surface area contributed by atoms with E-state index in [1.54, 1.807) is 0 Å². The van der Waals surface area contributed by atoms with Gasteiger partial charge in [-0.2, -0.15) is 0 Å². The third-order valence-corrected chi connectivity index (χ3v) is 6.54. The number of nitrogens with zero attached hydrogens (tertiary/aromatic N) is 1. The molecule has 1 heteroatoms. The summed E-state index contributed by atoms with van der Waals surface area (Å²) in [5, 5.41) is 0. The maximum atomic E-state index is 2.46. The molecule has 0 rings (SSSR count). The summed E-state index contributed by atoms with van der Waals surface area (Å²) in [6.07, 6.45) is 29.4. The first-order chi connectivity index (χ1) is 13.2. The van der Waals surface area contributed by atoms with E-state index < -0.39 is 0 Å². The molecular formula is C26H54N+. The van der Waals surface area contributed by atoms with Gasteiger partial charge in [0.2, 0.25) is 0 Å². The molecule has 0 aliphatic heterocycles. The molecule has 0 bridgehead atoms. The van der Waals surface area contributed by atoms with E-state index in [-0.39, 0.29) is 0 Å². The van der Waals surface area contributed by atoms with Crippen LogP contribution in [0.5, 0.6) is 0 Å². The molecule has 0 aliphatic rings. The van der Waals surface area contributed by atoms with Gasteiger partial charge in [-0.1, -0.05) is 103 Å². The van der Waals surface area contributed by atoms with Crippen LogP contribution in [0.4, 0.5) is 0 Å². The Kier molecular flexibility index (Phi) is 20.2. The molecule has 0 aromatic carbocycles. The third-order valence-electron chi connectivity index (χ3n) is 6.54. The number of unbranched alkanes of at least 4 members (excludes halogenated alkanes) is 16. The van der Waals surface area contributed by atoms with Crippen LogP contribution in [-0.4, -0.2) is 24.1 Å². The van der Waals surface area contributed by atoms with Crippen molar-refractivity contribution in [2.75, 3.05) is 19.6 Å². The van der Waals surface area contributed by atoms with E-state index in [2.05, 4.69) is 40.0 Å². The van der Waals surface area contributed by atoms with Crippen molar-refractivity contribution in [3.8, 4) is 0 Å². The lowest BCUT2D eigenvalue weighted by Crippen LogP contribution is -2.41. The minimum absolute atomic E-state index is 1.15. The van der Waals surface area contributed by atoms with Crippen molar-refractivity contribution in [3.63, 3.8) is 0 Å². The third kappa shape index (κ3) is 16.4.